The van der Waals surface area contributed by atoms with Gasteiger partial charge in [0.2, 0.25) is 5.91 Å². The second-order valence-corrected chi connectivity index (χ2v) is 8.03. The van der Waals surface area contributed by atoms with Crippen LogP contribution >= 0.6 is 0 Å². The van der Waals surface area contributed by atoms with E-state index in [1.165, 1.54) is 12.0 Å². The lowest BCUT2D eigenvalue weighted by atomic mass is 10.0. The van der Waals surface area contributed by atoms with E-state index in [1.54, 1.807) is 24.3 Å². The average molecular weight is 390 g/mol. The zero-order valence-corrected chi connectivity index (χ0v) is 17.3. The molecule has 0 saturated carbocycles. The summed E-state index contributed by atoms with van der Waals surface area (Å²) in [6.07, 6.45) is 1.90. The molecule has 2 atom stereocenters. The van der Waals surface area contributed by atoms with Gasteiger partial charge >= 0.3 is 12.1 Å². The summed E-state index contributed by atoms with van der Waals surface area (Å²) >= 11 is 0. The molecule has 2 unspecified atom stereocenters. The van der Waals surface area contributed by atoms with Gasteiger partial charge in [-0.1, -0.05) is 12.1 Å². The SMILES string of the molecule is COC(=O)c1ccc(C(C)NC(=O)C2CCCCN2C(=O)OC(C)(C)C)cc1. The Bertz CT molecular complexity index is 709. The third kappa shape index (κ3) is 5.71. The molecule has 1 fully saturated rings. The van der Waals surface area contributed by atoms with E-state index in [2.05, 4.69) is 5.32 Å². The number of likely N-dealkylation sites (tertiary alicyclic amines) is 1. The number of carbonyl (C=O) groups excluding carboxylic acids is 3. The number of amides is 2. The first-order valence-electron chi connectivity index (χ1n) is 9.60. The highest BCUT2D eigenvalue weighted by Gasteiger charge is 2.35. The van der Waals surface area contributed by atoms with E-state index in [4.69, 9.17) is 9.47 Å². The van der Waals surface area contributed by atoms with Crippen LogP contribution in [0.3, 0.4) is 0 Å². The Labute approximate surface area is 166 Å². The van der Waals surface area contributed by atoms with E-state index in [9.17, 15) is 14.4 Å². The van der Waals surface area contributed by atoms with Crippen molar-refractivity contribution in [3.05, 3.63) is 35.4 Å². The second kappa shape index (κ2) is 9.08. The quantitative estimate of drug-likeness (QED) is 0.796. The lowest BCUT2D eigenvalue weighted by Gasteiger charge is -2.36. The number of benzene rings is 1. The molecule has 28 heavy (non-hydrogen) atoms. The van der Waals surface area contributed by atoms with Crippen molar-refractivity contribution in [3.8, 4) is 0 Å². The first kappa shape index (κ1) is 21.7. The Balaban J connectivity index is 2.04. The summed E-state index contributed by atoms with van der Waals surface area (Å²) in [5.41, 5.74) is 0.707. The molecule has 1 saturated heterocycles. The fraction of sp³-hybridized carbons (Fsp3) is 0.571. The fourth-order valence-corrected chi connectivity index (χ4v) is 3.16. The number of piperidine rings is 1. The molecule has 7 nitrogen and oxygen atoms in total. The molecule has 0 radical (unpaired) electrons. The number of nitrogens with zero attached hydrogens (tertiary/aromatic N) is 1. The number of hydrogen-bond acceptors (Lipinski definition) is 5. The molecule has 1 aliphatic heterocycles. The number of carbonyl (C=O) groups is 3. The van der Waals surface area contributed by atoms with Gasteiger partial charge in [-0.3, -0.25) is 9.69 Å². The number of ether oxygens (including phenoxy) is 2. The highest BCUT2D eigenvalue weighted by atomic mass is 16.6. The van der Waals surface area contributed by atoms with E-state index >= 15 is 0 Å². The molecule has 1 N–H and O–H groups in total. The Kier molecular flexibility index (Phi) is 7.05. The van der Waals surface area contributed by atoms with Crippen LogP contribution in [0.4, 0.5) is 4.79 Å². The Morgan fingerprint density at radius 3 is 2.36 bits per heavy atom. The van der Waals surface area contributed by atoms with Crippen molar-refractivity contribution in [2.24, 2.45) is 0 Å². The molecule has 0 aliphatic carbocycles. The minimum absolute atomic E-state index is 0.199. The summed E-state index contributed by atoms with van der Waals surface area (Å²) in [6.45, 7) is 7.80. The van der Waals surface area contributed by atoms with E-state index in [0.29, 0.717) is 18.5 Å². The predicted molar refractivity (Wildman–Crippen MR) is 105 cm³/mol. The van der Waals surface area contributed by atoms with Gasteiger partial charge in [-0.05, 0) is 64.7 Å². The van der Waals surface area contributed by atoms with Crippen molar-refractivity contribution < 1.29 is 23.9 Å². The van der Waals surface area contributed by atoms with E-state index in [0.717, 1.165) is 18.4 Å². The molecule has 1 aromatic rings. The normalized spacial score (nSPS) is 18.2. The van der Waals surface area contributed by atoms with Gasteiger partial charge in [0.25, 0.3) is 0 Å². The third-order valence-corrected chi connectivity index (χ3v) is 4.62. The maximum absolute atomic E-state index is 12.8. The van der Waals surface area contributed by atoms with Gasteiger partial charge in [0.05, 0.1) is 18.7 Å². The van der Waals surface area contributed by atoms with Crippen LogP contribution in [0, 0.1) is 0 Å². The molecule has 7 heteroatoms. The number of esters is 1. The van der Waals surface area contributed by atoms with Crippen LogP contribution < -0.4 is 5.32 Å². The second-order valence-electron chi connectivity index (χ2n) is 8.03. The van der Waals surface area contributed by atoms with Crippen LogP contribution in [0.1, 0.15) is 68.9 Å². The van der Waals surface area contributed by atoms with Crippen molar-refractivity contribution in [1.29, 1.82) is 0 Å². The lowest BCUT2D eigenvalue weighted by Crippen LogP contribution is -2.53. The molecular weight excluding hydrogens is 360 g/mol. The molecule has 0 bridgehead atoms. The van der Waals surface area contributed by atoms with Crippen LogP contribution in [0.25, 0.3) is 0 Å². The van der Waals surface area contributed by atoms with Crippen LogP contribution in [-0.4, -0.2) is 48.2 Å². The van der Waals surface area contributed by atoms with Crippen molar-refractivity contribution in [3.63, 3.8) is 0 Å². The molecule has 1 aliphatic rings. The Morgan fingerprint density at radius 1 is 1.14 bits per heavy atom. The third-order valence-electron chi connectivity index (χ3n) is 4.62. The van der Waals surface area contributed by atoms with E-state index in [-0.39, 0.29) is 11.9 Å². The van der Waals surface area contributed by atoms with Gasteiger partial charge in [0.15, 0.2) is 0 Å². The lowest BCUT2D eigenvalue weighted by molar-refractivity contribution is -0.128. The summed E-state index contributed by atoms with van der Waals surface area (Å²) in [5, 5.41) is 2.97. The highest BCUT2D eigenvalue weighted by Crippen LogP contribution is 2.22. The maximum Gasteiger partial charge on any atom is 0.410 e. The first-order valence-corrected chi connectivity index (χ1v) is 9.60. The molecule has 154 valence electrons. The standard InChI is InChI=1S/C21H30N2O5/c1-14(15-9-11-16(12-10-15)19(25)27-5)22-18(24)17-8-6-7-13-23(17)20(26)28-21(2,3)4/h9-12,14,17H,6-8,13H2,1-5H3,(H,22,24). The maximum atomic E-state index is 12.8. The summed E-state index contributed by atoms with van der Waals surface area (Å²) in [5.74, 6) is -0.603. The molecule has 0 spiro atoms. The van der Waals surface area contributed by atoms with Crippen molar-refractivity contribution in [2.75, 3.05) is 13.7 Å². The van der Waals surface area contributed by atoms with Crippen LogP contribution in [0.15, 0.2) is 24.3 Å². The van der Waals surface area contributed by atoms with Gasteiger partial charge in [-0.25, -0.2) is 9.59 Å². The van der Waals surface area contributed by atoms with Crippen LogP contribution in [-0.2, 0) is 14.3 Å². The molecular formula is C21H30N2O5. The number of rotatable bonds is 4. The zero-order chi connectivity index (χ0) is 20.9. The van der Waals surface area contributed by atoms with Gasteiger partial charge in [0.1, 0.15) is 11.6 Å². The number of hydrogen-bond donors (Lipinski definition) is 1. The smallest absolute Gasteiger partial charge is 0.410 e. The van der Waals surface area contributed by atoms with Gasteiger partial charge in [-0.2, -0.15) is 0 Å². The van der Waals surface area contributed by atoms with E-state index in [1.807, 2.05) is 27.7 Å². The van der Waals surface area contributed by atoms with Crippen LogP contribution in [0.2, 0.25) is 0 Å². The van der Waals surface area contributed by atoms with Gasteiger partial charge in [0, 0.05) is 6.54 Å². The number of methoxy groups -OCH3 is 1. The minimum atomic E-state index is -0.607. The monoisotopic (exact) mass is 390 g/mol. The van der Waals surface area contributed by atoms with Gasteiger partial charge < -0.3 is 14.8 Å². The van der Waals surface area contributed by atoms with E-state index < -0.39 is 23.7 Å². The topological polar surface area (TPSA) is 84.9 Å². The Morgan fingerprint density at radius 2 is 1.79 bits per heavy atom. The molecule has 2 rings (SSSR count). The van der Waals surface area contributed by atoms with Crippen molar-refractivity contribution in [2.45, 2.75) is 64.6 Å². The summed E-state index contributed by atoms with van der Waals surface area (Å²) in [7, 11) is 1.33. The fourth-order valence-electron chi connectivity index (χ4n) is 3.16. The first-order chi connectivity index (χ1) is 13.1. The zero-order valence-electron chi connectivity index (χ0n) is 17.3. The molecule has 2 amide bonds. The minimum Gasteiger partial charge on any atom is -0.465 e. The average Bonchev–Trinajstić information content (AvgIpc) is 2.66. The van der Waals surface area contributed by atoms with Crippen molar-refractivity contribution in [1.82, 2.24) is 10.2 Å². The molecule has 1 aromatic carbocycles. The Hall–Kier alpha value is -2.57. The van der Waals surface area contributed by atoms with Gasteiger partial charge in [-0.15, -0.1) is 0 Å². The number of nitrogens with one attached hydrogen (secondary N) is 1. The summed E-state index contributed by atoms with van der Waals surface area (Å²) < 4.78 is 10.1. The summed E-state index contributed by atoms with van der Waals surface area (Å²) in [6, 6.07) is 6.09. The van der Waals surface area contributed by atoms with Crippen LogP contribution in [0.5, 0.6) is 0 Å². The molecule has 0 aromatic heterocycles. The largest absolute Gasteiger partial charge is 0.465 e. The molecule has 1 heterocycles. The van der Waals surface area contributed by atoms with Crippen molar-refractivity contribution >= 4 is 18.0 Å². The predicted octanol–water partition coefficient (Wildman–Crippen LogP) is 3.44. The summed E-state index contributed by atoms with van der Waals surface area (Å²) in [4.78, 5) is 38.4. The highest BCUT2D eigenvalue weighted by molar-refractivity contribution is 5.89.